The first kappa shape index (κ1) is 22.7. The van der Waals surface area contributed by atoms with E-state index in [-0.39, 0.29) is 30.1 Å². The molecule has 0 aliphatic heterocycles. The Bertz CT molecular complexity index is 693. The SMILES string of the molecule is CCc1nncn1CCNC(=NC)NCC(C)Oc1ccccc1Br.I. The highest BCUT2D eigenvalue weighted by Crippen LogP contribution is 2.24. The fourth-order valence-corrected chi connectivity index (χ4v) is 2.67. The Labute approximate surface area is 180 Å². The van der Waals surface area contributed by atoms with Gasteiger partial charge in [0.15, 0.2) is 5.96 Å². The number of guanidine groups is 1. The second-order valence-corrected chi connectivity index (χ2v) is 6.39. The summed E-state index contributed by atoms with van der Waals surface area (Å²) in [6, 6.07) is 7.82. The van der Waals surface area contributed by atoms with Gasteiger partial charge in [0.1, 0.15) is 24.0 Å². The molecule has 2 N–H and O–H groups in total. The number of ether oxygens (including phenoxy) is 1. The van der Waals surface area contributed by atoms with Crippen LogP contribution in [0.25, 0.3) is 0 Å². The van der Waals surface area contributed by atoms with E-state index >= 15 is 0 Å². The normalized spacial score (nSPS) is 12.2. The van der Waals surface area contributed by atoms with Gasteiger partial charge in [0.25, 0.3) is 0 Å². The van der Waals surface area contributed by atoms with Gasteiger partial charge in [0.05, 0.1) is 11.0 Å². The molecule has 26 heavy (non-hydrogen) atoms. The predicted molar refractivity (Wildman–Crippen MR) is 118 cm³/mol. The smallest absolute Gasteiger partial charge is 0.191 e. The van der Waals surface area contributed by atoms with Crippen molar-refractivity contribution in [1.82, 2.24) is 25.4 Å². The van der Waals surface area contributed by atoms with E-state index in [1.807, 2.05) is 35.8 Å². The van der Waals surface area contributed by atoms with Crippen molar-refractivity contribution in [1.29, 1.82) is 0 Å². The Kier molecular flexibility index (Phi) is 10.6. The first-order valence-electron chi connectivity index (χ1n) is 8.36. The minimum Gasteiger partial charge on any atom is -0.488 e. The van der Waals surface area contributed by atoms with Crippen molar-refractivity contribution >= 4 is 45.9 Å². The van der Waals surface area contributed by atoms with Crippen LogP contribution in [0.1, 0.15) is 19.7 Å². The number of nitrogens with zero attached hydrogens (tertiary/aromatic N) is 4. The molecule has 144 valence electrons. The summed E-state index contributed by atoms with van der Waals surface area (Å²) in [7, 11) is 1.75. The number of hydrogen-bond donors (Lipinski definition) is 2. The minimum atomic E-state index is 0. The van der Waals surface area contributed by atoms with E-state index in [0.29, 0.717) is 6.54 Å². The molecule has 7 nitrogen and oxygen atoms in total. The predicted octanol–water partition coefficient (Wildman–Crippen LogP) is 2.85. The molecule has 0 radical (unpaired) electrons. The second kappa shape index (κ2) is 12.1. The van der Waals surface area contributed by atoms with Gasteiger partial charge in [-0.2, -0.15) is 0 Å². The Hall–Kier alpha value is -1.36. The molecule has 2 aromatic rings. The lowest BCUT2D eigenvalue weighted by molar-refractivity contribution is 0.222. The largest absolute Gasteiger partial charge is 0.488 e. The van der Waals surface area contributed by atoms with E-state index in [9.17, 15) is 0 Å². The lowest BCUT2D eigenvalue weighted by Gasteiger charge is -2.18. The van der Waals surface area contributed by atoms with Gasteiger partial charge in [-0.1, -0.05) is 19.1 Å². The summed E-state index contributed by atoms with van der Waals surface area (Å²) < 4.78 is 8.91. The van der Waals surface area contributed by atoms with E-state index in [0.717, 1.165) is 41.5 Å². The fraction of sp³-hybridized carbons (Fsp3) is 0.471. The first-order chi connectivity index (χ1) is 12.1. The highest BCUT2D eigenvalue weighted by molar-refractivity contribution is 14.0. The zero-order valence-electron chi connectivity index (χ0n) is 15.3. The van der Waals surface area contributed by atoms with Crippen LogP contribution in [0, 0.1) is 0 Å². The van der Waals surface area contributed by atoms with Gasteiger partial charge in [-0.25, -0.2) is 0 Å². The zero-order valence-corrected chi connectivity index (χ0v) is 19.2. The summed E-state index contributed by atoms with van der Waals surface area (Å²) in [5, 5.41) is 14.6. The number of benzene rings is 1. The van der Waals surface area contributed by atoms with Crippen molar-refractivity contribution in [3.05, 3.63) is 40.9 Å². The van der Waals surface area contributed by atoms with Crippen molar-refractivity contribution in [2.75, 3.05) is 20.1 Å². The highest BCUT2D eigenvalue weighted by Gasteiger charge is 2.08. The molecule has 0 bridgehead atoms. The molecule has 0 fully saturated rings. The number of halogens is 2. The van der Waals surface area contributed by atoms with Crippen molar-refractivity contribution in [3.8, 4) is 5.75 Å². The first-order valence-corrected chi connectivity index (χ1v) is 9.15. The number of aryl methyl sites for hydroxylation is 1. The summed E-state index contributed by atoms with van der Waals surface area (Å²) >= 11 is 3.49. The lowest BCUT2D eigenvalue weighted by atomic mass is 10.3. The standard InChI is InChI=1S/C17H25BrN6O.HI/c1-4-16-23-22-12-24(16)10-9-20-17(19-3)21-11-13(2)25-15-8-6-5-7-14(15)18;/h5-8,12-13H,4,9-11H2,1-3H3,(H2,19,20,21);1H. The van der Waals surface area contributed by atoms with Crippen LogP contribution in [0.5, 0.6) is 5.75 Å². The lowest BCUT2D eigenvalue weighted by Crippen LogP contribution is -2.42. The third kappa shape index (κ3) is 7.10. The van der Waals surface area contributed by atoms with Crippen LogP contribution >= 0.6 is 39.9 Å². The number of nitrogens with one attached hydrogen (secondary N) is 2. The van der Waals surface area contributed by atoms with Gasteiger partial charge in [0.2, 0.25) is 0 Å². The summed E-state index contributed by atoms with van der Waals surface area (Å²) in [6.07, 6.45) is 2.63. The molecule has 1 aromatic heterocycles. The van der Waals surface area contributed by atoms with Crippen LogP contribution in [0.4, 0.5) is 0 Å². The Morgan fingerprint density at radius 2 is 2.12 bits per heavy atom. The van der Waals surface area contributed by atoms with Gasteiger partial charge in [-0.3, -0.25) is 4.99 Å². The number of para-hydroxylation sites is 1. The van der Waals surface area contributed by atoms with Crippen LogP contribution in [-0.2, 0) is 13.0 Å². The molecule has 1 aromatic carbocycles. The van der Waals surface area contributed by atoms with Gasteiger partial charge < -0.3 is 19.9 Å². The molecule has 1 atom stereocenters. The van der Waals surface area contributed by atoms with E-state index in [4.69, 9.17) is 4.74 Å². The summed E-state index contributed by atoms with van der Waals surface area (Å²) in [5.41, 5.74) is 0. The van der Waals surface area contributed by atoms with Crippen molar-refractivity contribution < 1.29 is 4.74 Å². The summed E-state index contributed by atoms with van der Waals surface area (Å²) in [4.78, 5) is 4.24. The van der Waals surface area contributed by atoms with Gasteiger partial charge in [0, 0.05) is 26.6 Å². The summed E-state index contributed by atoms with van der Waals surface area (Å²) in [6.45, 7) is 6.27. The molecule has 0 saturated heterocycles. The zero-order chi connectivity index (χ0) is 18.1. The monoisotopic (exact) mass is 536 g/mol. The third-order valence-electron chi connectivity index (χ3n) is 3.60. The van der Waals surface area contributed by atoms with Crippen molar-refractivity contribution in [2.24, 2.45) is 4.99 Å². The molecule has 1 heterocycles. The molecule has 0 spiro atoms. The van der Waals surface area contributed by atoms with Crippen molar-refractivity contribution in [2.45, 2.75) is 32.9 Å². The van der Waals surface area contributed by atoms with Crippen LogP contribution in [0.15, 0.2) is 40.1 Å². The van der Waals surface area contributed by atoms with Crippen LogP contribution in [0.3, 0.4) is 0 Å². The molecule has 0 amide bonds. The number of hydrogen-bond acceptors (Lipinski definition) is 4. The summed E-state index contributed by atoms with van der Waals surface area (Å²) in [5.74, 6) is 2.56. The van der Waals surface area contributed by atoms with E-state index in [1.165, 1.54) is 0 Å². The number of aliphatic imine (C=N–C) groups is 1. The fourth-order valence-electron chi connectivity index (χ4n) is 2.29. The maximum Gasteiger partial charge on any atom is 0.191 e. The second-order valence-electron chi connectivity index (χ2n) is 5.53. The van der Waals surface area contributed by atoms with Gasteiger partial charge in [-0.05, 0) is 35.0 Å². The van der Waals surface area contributed by atoms with E-state index in [2.05, 4.69) is 48.7 Å². The maximum atomic E-state index is 5.92. The van der Waals surface area contributed by atoms with Gasteiger partial charge >= 0.3 is 0 Å². The van der Waals surface area contributed by atoms with Crippen LogP contribution in [0.2, 0.25) is 0 Å². The van der Waals surface area contributed by atoms with Crippen LogP contribution < -0.4 is 15.4 Å². The van der Waals surface area contributed by atoms with E-state index in [1.54, 1.807) is 13.4 Å². The minimum absolute atomic E-state index is 0. The van der Waals surface area contributed by atoms with Crippen molar-refractivity contribution in [3.63, 3.8) is 0 Å². The topological polar surface area (TPSA) is 76.4 Å². The highest BCUT2D eigenvalue weighted by atomic mass is 127. The maximum absolute atomic E-state index is 5.92. The Balaban J connectivity index is 0.00000338. The molecule has 0 aliphatic rings. The average molecular weight is 537 g/mol. The third-order valence-corrected chi connectivity index (χ3v) is 4.26. The molecule has 9 heteroatoms. The molecular formula is C17H26BrIN6O. The molecule has 0 saturated carbocycles. The molecule has 0 aliphatic carbocycles. The number of aromatic nitrogens is 3. The Morgan fingerprint density at radius 3 is 2.81 bits per heavy atom. The molecule has 2 rings (SSSR count). The average Bonchev–Trinajstić information content (AvgIpc) is 3.07. The van der Waals surface area contributed by atoms with E-state index < -0.39 is 0 Å². The quantitative estimate of drug-likeness (QED) is 0.308. The van der Waals surface area contributed by atoms with Crippen LogP contribution in [-0.4, -0.2) is 47.0 Å². The molecule has 1 unspecified atom stereocenters. The number of rotatable bonds is 8. The Morgan fingerprint density at radius 1 is 1.35 bits per heavy atom. The van der Waals surface area contributed by atoms with Gasteiger partial charge in [-0.15, -0.1) is 34.2 Å². The molecular weight excluding hydrogens is 511 g/mol.